The van der Waals surface area contributed by atoms with Crippen LogP contribution in [0.25, 0.3) is 0 Å². The van der Waals surface area contributed by atoms with Crippen LogP contribution >= 0.6 is 0 Å². The van der Waals surface area contributed by atoms with Crippen molar-refractivity contribution in [3.05, 3.63) is 29.6 Å². The first kappa shape index (κ1) is 13.9. The largest absolute Gasteiger partial charge is 0.392 e. The van der Waals surface area contributed by atoms with E-state index in [2.05, 4.69) is 0 Å². The Balaban J connectivity index is 2.73. The van der Waals surface area contributed by atoms with E-state index in [1.165, 1.54) is 6.07 Å². The Morgan fingerprint density at radius 1 is 1.35 bits per heavy atom. The van der Waals surface area contributed by atoms with Crippen LogP contribution in [0.1, 0.15) is 19.4 Å². The maximum Gasteiger partial charge on any atom is 0.146 e. The lowest BCUT2D eigenvalue weighted by molar-refractivity contribution is 0.154. The van der Waals surface area contributed by atoms with Gasteiger partial charge in [-0.25, -0.2) is 4.39 Å². The minimum Gasteiger partial charge on any atom is -0.392 e. The van der Waals surface area contributed by atoms with Crippen LogP contribution in [0.3, 0.4) is 0 Å². The summed E-state index contributed by atoms with van der Waals surface area (Å²) in [5.41, 5.74) is 1.15. The topological polar surface area (TPSA) is 32.7 Å². The average Bonchev–Trinajstić information content (AvgIpc) is 2.35. The number of likely N-dealkylation sites (N-methyl/N-ethyl adjacent to an activating group) is 1. The van der Waals surface area contributed by atoms with E-state index in [9.17, 15) is 4.39 Å². The lowest BCUT2D eigenvalue weighted by Gasteiger charge is -2.23. The summed E-state index contributed by atoms with van der Waals surface area (Å²) in [6.45, 7) is 6.43. The SMILES string of the molecule is CCOCCN(CC)c1ccc(CO)cc1F. The average molecular weight is 241 g/mol. The molecular formula is C13H20FNO2. The predicted molar refractivity (Wildman–Crippen MR) is 66.7 cm³/mol. The van der Waals surface area contributed by atoms with Gasteiger partial charge in [0, 0.05) is 19.7 Å². The molecule has 1 aromatic rings. The second kappa shape index (κ2) is 7.25. The van der Waals surface area contributed by atoms with Crippen molar-refractivity contribution in [1.82, 2.24) is 0 Å². The maximum atomic E-state index is 13.8. The molecule has 0 saturated carbocycles. The zero-order valence-electron chi connectivity index (χ0n) is 10.4. The smallest absolute Gasteiger partial charge is 0.146 e. The first-order valence-corrected chi connectivity index (χ1v) is 5.94. The summed E-state index contributed by atoms with van der Waals surface area (Å²) in [5, 5.41) is 8.92. The van der Waals surface area contributed by atoms with Crippen LogP contribution < -0.4 is 4.90 Å². The summed E-state index contributed by atoms with van der Waals surface area (Å²) < 4.78 is 19.1. The molecule has 17 heavy (non-hydrogen) atoms. The number of ether oxygens (including phenoxy) is 1. The Morgan fingerprint density at radius 3 is 2.65 bits per heavy atom. The Morgan fingerprint density at radius 2 is 2.12 bits per heavy atom. The van der Waals surface area contributed by atoms with Crippen LogP contribution in [-0.2, 0) is 11.3 Å². The summed E-state index contributed by atoms with van der Waals surface area (Å²) >= 11 is 0. The van der Waals surface area contributed by atoms with Gasteiger partial charge in [-0.2, -0.15) is 0 Å². The molecule has 1 N–H and O–H groups in total. The summed E-state index contributed by atoms with van der Waals surface area (Å²) in [5.74, 6) is -0.296. The van der Waals surface area contributed by atoms with E-state index in [1.54, 1.807) is 12.1 Å². The maximum absolute atomic E-state index is 13.8. The van der Waals surface area contributed by atoms with Crippen molar-refractivity contribution in [3.8, 4) is 0 Å². The minimum atomic E-state index is -0.296. The van der Waals surface area contributed by atoms with Crippen LogP contribution in [0.5, 0.6) is 0 Å². The molecule has 0 heterocycles. The number of aliphatic hydroxyl groups is 1. The third kappa shape index (κ3) is 3.98. The van der Waals surface area contributed by atoms with Crippen molar-refractivity contribution in [1.29, 1.82) is 0 Å². The molecule has 0 fully saturated rings. The minimum absolute atomic E-state index is 0.137. The van der Waals surface area contributed by atoms with Crippen LogP contribution in [0.2, 0.25) is 0 Å². The van der Waals surface area contributed by atoms with Crippen LogP contribution in [-0.4, -0.2) is 31.4 Å². The molecule has 1 aromatic carbocycles. The van der Waals surface area contributed by atoms with Gasteiger partial charge in [0.1, 0.15) is 5.82 Å². The molecule has 0 saturated heterocycles. The zero-order valence-corrected chi connectivity index (χ0v) is 10.4. The number of rotatable bonds is 7. The van der Waals surface area contributed by atoms with E-state index in [0.29, 0.717) is 31.0 Å². The highest BCUT2D eigenvalue weighted by atomic mass is 19.1. The van der Waals surface area contributed by atoms with Gasteiger partial charge in [0.25, 0.3) is 0 Å². The zero-order chi connectivity index (χ0) is 12.7. The van der Waals surface area contributed by atoms with E-state index < -0.39 is 0 Å². The first-order valence-electron chi connectivity index (χ1n) is 5.94. The van der Waals surface area contributed by atoms with Gasteiger partial charge in [0.2, 0.25) is 0 Å². The molecule has 0 atom stereocenters. The van der Waals surface area contributed by atoms with Gasteiger partial charge in [-0.05, 0) is 31.5 Å². The Hall–Kier alpha value is -1.13. The highest BCUT2D eigenvalue weighted by Crippen LogP contribution is 2.20. The van der Waals surface area contributed by atoms with Crippen LogP contribution in [0, 0.1) is 5.82 Å². The highest BCUT2D eigenvalue weighted by Gasteiger charge is 2.10. The van der Waals surface area contributed by atoms with Gasteiger partial charge in [-0.1, -0.05) is 6.07 Å². The van der Waals surface area contributed by atoms with Gasteiger partial charge >= 0.3 is 0 Å². The predicted octanol–water partition coefficient (Wildman–Crippen LogP) is 2.18. The monoisotopic (exact) mass is 241 g/mol. The summed E-state index contributed by atoms with van der Waals surface area (Å²) in [4.78, 5) is 1.92. The Kier molecular flexibility index (Phi) is 5.94. The lowest BCUT2D eigenvalue weighted by Crippen LogP contribution is -2.28. The Bertz CT molecular complexity index is 344. The van der Waals surface area contributed by atoms with Gasteiger partial charge in [-0.15, -0.1) is 0 Å². The number of aliphatic hydroxyl groups excluding tert-OH is 1. The molecule has 0 aliphatic rings. The number of hydrogen-bond donors (Lipinski definition) is 1. The standard InChI is InChI=1S/C13H20FNO2/c1-3-15(7-8-17-4-2)13-6-5-11(10-16)9-12(13)14/h5-6,9,16H,3-4,7-8,10H2,1-2H3. The first-order chi connectivity index (χ1) is 8.22. The molecule has 1 rings (SSSR count). The van der Waals surface area contributed by atoms with E-state index in [4.69, 9.17) is 9.84 Å². The lowest BCUT2D eigenvalue weighted by atomic mass is 10.2. The fourth-order valence-electron chi connectivity index (χ4n) is 1.67. The molecule has 0 unspecified atom stereocenters. The summed E-state index contributed by atoms with van der Waals surface area (Å²) in [6.07, 6.45) is 0. The second-order valence-electron chi connectivity index (χ2n) is 3.72. The number of halogens is 1. The van der Waals surface area contributed by atoms with E-state index in [1.807, 2.05) is 18.7 Å². The van der Waals surface area contributed by atoms with Crippen LogP contribution in [0.4, 0.5) is 10.1 Å². The second-order valence-corrected chi connectivity index (χ2v) is 3.72. The quantitative estimate of drug-likeness (QED) is 0.743. The molecule has 0 bridgehead atoms. The molecule has 4 heteroatoms. The van der Waals surface area contributed by atoms with Crippen LogP contribution in [0.15, 0.2) is 18.2 Å². The molecule has 3 nitrogen and oxygen atoms in total. The molecule has 0 aromatic heterocycles. The number of benzene rings is 1. The van der Waals surface area contributed by atoms with Crippen molar-refractivity contribution in [2.24, 2.45) is 0 Å². The normalized spacial score (nSPS) is 10.6. The molecule has 0 radical (unpaired) electrons. The number of nitrogens with zero attached hydrogens (tertiary/aromatic N) is 1. The van der Waals surface area contributed by atoms with E-state index in [0.717, 1.165) is 6.54 Å². The van der Waals surface area contributed by atoms with Crippen molar-refractivity contribution in [2.75, 3.05) is 31.2 Å². The molecular weight excluding hydrogens is 221 g/mol. The molecule has 96 valence electrons. The van der Waals surface area contributed by atoms with Gasteiger partial charge in [0.05, 0.1) is 18.9 Å². The number of anilines is 1. The van der Waals surface area contributed by atoms with Gasteiger partial charge < -0.3 is 14.7 Å². The van der Waals surface area contributed by atoms with Crippen molar-refractivity contribution >= 4 is 5.69 Å². The fraction of sp³-hybridized carbons (Fsp3) is 0.538. The van der Waals surface area contributed by atoms with E-state index >= 15 is 0 Å². The molecule has 0 amide bonds. The third-order valence-corrected chi connectivity index (χ3v) is 2.63. The number of hydrogen-bond acceptors (Lipinski definition) is 3. The van der Waals surface area contributed by atoms with Gasteiger partial charge in [-0.3, -0.25) is 0 Å². The molecule has 0 aliphatic heterocycles. The molecule has 0 spiro atoms. The van der Waals surface area contributed by atoms with Crippen molar-refractivity contribution in [2.45, 2.75) is 20.5 Å². The van der Waals surface area contributed by atoms with Gasteiger partial charge in [0.15, 0.2) is 0 Å². The molecule has 0 aliphatic carbocycles. The van der Waals surface area contributed by atoms with Crippen molar-refractivity contribution in [3.63, 3.8) is 0 Å². The highest BCUT2D eigenvalue weighted by molar-refractivity contribution is 5.49. The third-order valence-electron chi connectivity index (χ3n) is 2.63. The Labute approximate surface area is 102 Å². The summed E-state index contributed by atoms with van der Waals surface area (Å²) in [6, 6.07) is 4.82. The van der Waals surface area contributed by atoms with E-state index in [-0.39, 0.29) is 12.4 Å². The summed E-state index contributed by atoms with van der Waals surface area (Å²) in [7, 11) is 0. The van der Waals surface area contributed by atoms with Crippen molar-refractivity contribution < 1.29 is 14.2 Å². The fourth-order valence-corrected chi connectivity index (χ4v) is 1.67.